The first kappa shape index (κ1) is 12.9. The molecule has 80 valence electrons. The zero-order valence-corrected chi connectivity index (χ0v) is 9.64. The normalized spacial score (nSPS) is 16.2. The predicted octanol–water partition coefficient (Wildman–Crippen LogP) is 1.85. The molecule has 2 heteroatoms. The maximum Gasteiger partial charge on any atom is -0.00207 e. The third kappa shape index (κ3) is 7.03. The Morgan fingerprint density at radius 1 is 1.15 bits per heavy atom. The van der Waals surface area contributed by atoms with Crippen molar-refractivity contribution in [1.82, 2.24) is 5.32 Å². The smallest absolute Gasteiger partial charge is 0.00207 e. The Labute approximate surface area is 83.3 Å². The molecule has 0 amide bonds. The number of rotatable bonds is 7. The van der Waals surface area contributed by atoms with Gasteiger partial charge in [0.1, 0.15) is 0 Å². The first-order valence-corrected chi connectivity index (χ1v) is 5.48. The van der Waals surface area contributed by atoms with Crippen LogP contribution < -0.4 is 11.1 Å². The zero-order valence-electron chi connectivity index (χ0n) is 9.64. The largest absolute Gasteiger partial charge is 0.330 e. The monoisotopic (exact) mass is 186 g/mol. The van der Waals surface area contributed by atoms with Crippen LogP contribution in [0, 0.1) is 17.8 Å². The molecule has 0 aliphatic rings. The quantitative estimate of drug-likeness (QED) is 0.596. The Bertz CT molecular complexity index is 113. The maximum atomic E-state index is 5.53. The lowest BCUT2D eigenvalue weighted by Crippen LogP contribution is -2.27. The Balaban J connectivity index is 3.25. The van der Waals surface area contributed by atoms with Crippen LogP contribution in [-0.4, -0.2) is 19.6 Å². The minimum absolute atomic E-state index is 0.654. The summed E-state index contributed by atoms with van der Waals surface area (Å²) in [6.45, 7) is 12.1. The molecular formula is C11H26N2. The van der Waals surface area contributed by atoms with Gasteiger partial charge in [0.05, 0.1) is 0 Å². The standard InChI is InChI=1S/C11H26N2/c1-9(2)11(4)8-13-6-5-10(3)7-12/h9-11,13H,5-8,12H2,1-4H3. The van der Waals surface area contributed by atoms with E-state index in [0.717, 1.165) is 31.5 Å². The lowest BCUT2D eigenvalue weighted by Gasteiger charge is -2.16. The van der Waals surface area contributed by atoms with Gasteiger partial charge in [-0.2, -0.15) is 0 Å². The highest BCUT2D eigenvalue weighted by atomic mass is 14.9. The van der Waals surface area contributed by atoms with Gasteiger partial charge in [-0.3, -0.25) is 0 Å². The van der Waals surface area contributed by atoms with Crippen molar-refractivity contribution in [3.8, 4) is 0 Å². The lowest BCUT2D eigenvalue weighted by atomic mass is 9.98. The number of nitrogens with two attached hydrogens (primary N) is 1. The molecule has 0 aliphatic heterocycles. The molecule has 0 bridgehead atoms. The summed E-state index contributed by atoms with van der Waals surface area (Å²) in [6, 6.07) is 0. The molecule has 2 unspecified atom stereocenters. The maximum absolute atomic E-state index is 5.53. The van der Waals surface area contributed by atoms with Crippen LogP contribution in [0.1, 0.15) is 34.1 Å². The van der Waals surface area contributed by atoms with E-state index in [1.54, 1.807) is 0 Å². The van der Waals surface area contributed by atoms with Gasteiger partial charge in [0.15, 0.2) is 0 Å². The molecule has 0 aromatic heterocycles. The first-order chi connectivity index (χ1) is 6.07. The highest BCUT2D eigenvalue weighted by molar-refractivity contribution is 4.62. The van der Waals surface area contributed by atoms with E-state index in [0.29, 0.717) is 5.92 Å². The number of nitrogens with one attached hydrogen (secondary N) is 1. The molecule has 2 nitrogen and oxygen atoms in total. The van der Waals surface area contributed by atoms with Gasteiger partial charge >= 0.3 is 0 Å². The van der Waals surface area contributed by atoms with E-state index in [9.17, 15) is 0 Å². The Morgan fingerprint density at radius 3 is 2.23 bits per heavy atom. The number of hydrogen-bond acceptors (Lipinski definition) is 2. The van der Waals surface area contributed by atoms with Crippen molar-refractivity contribution in [2.75, 3.05) is 19.6 Å². The molecule has 0 aromatic carbocycles. The zero-order chi connectivity index (χ0) is 10.3. The van der Waals surface area contributed by atoms with E-state index in [1.807, 2.05) is 0 Å². The van der Waals surface area contributed by atoms with Crippen molar-refractivity contribution >= 4 is 0 Å². The third-order valence-electron chi connectivity index (χ3n) is 2.82. The summed E-state index contributed by atoms with van der Waals surface area (Å²) >= 11 is 0. The van der Waals surface area contributed by atoms with Crippen molar-refractivity contribution < 1.29 is 0 Å². The fourth-order valence-corrected chi connectivity index (χ4v) is 1.03. The fourth-order valence-electron chi connectivity index (χ4n) is 1.03. The molecular weight excluding hydrogens is 160 g/mol. The van der Waals surface area contributed by atoms with Gasteiger partial charge in [-0.1, -0.05) is 27.7 Å². The Morgan fingerprint density at radius 2 is 1.77 bits per heavy atom. The van der Waals surface area contributed by atoms with Crippen LogP contribution in [0.4, 0.5) is 0 Å². The van der Waals surface area contributed by atoms with Crippen LogP contribution >= 0.6 is 0 Å². The molecule has 0 saturated heterocycles. The van der Waals surface area contributed by atoms with Crippen LogP contribution in [0.2, 0.25) is 0 Å². The van der Waals surface area contributed by atoms with Crippen molar-refractivity contribution in [2.45, 2.75) is 34.1 Å². The third-order valence-corrected chi connectivity index (χ3v) is 2.82. The topological polar surface area (TPSA) is 38.0 Å². The summed E-state index contributed by atoms with van der Waals surface area (Å²) < 4.78 is 0. The predicted molar refractivity (Wildman–Crippen MR) is 59.7 cm³/mol. The molecule has 0 spiro atoms. The highest BCUT2D eigenvalue weighted by Crippen LogP contribution is 2.07. The molecule has 3 N–H and O–H groups in total. The van der Waals surface area contributed by atoms with Gasteiger partial charge in [0.25, 0.3) is 0 Å². The van der Waals surface area contributed by atoms with Crippen LogP contribution in [0.3, 0.4) is 0 Å². The van der Waals surface area contributed by atoms with Gasteiger partial charge in [0, 0.05) is 0 Å². The van der Waals surface area contributed by atoms with Crippen LogP contribution in [0.15, 0.2) is 0 Å². The minimum Gasteiger partial charge on any atom is -0.330 e. The summed E-state index contributed by atoms with van der Waals surface area (Å²) in [5, 5.41) is 3.48. The summed E-state index contributed by atoms with van der Waals surface area (Å²) in [6.07, 6.45) is 1.20. The molecule has 13 heavy (non-hydrogen) atoms. The molecule has 0 heterocycles. The average molecular weight is 186 g/mol. The Kier molecular flexibility index (Phi) is 7.29. The van der Waals surface area contributed by atoms with E-state index >= 15 is 0 Å². The molecule has 0 radical (unpaired) electrons. The van der Waals surface area contributed by atoms with E-state index in [2.05, 4.69) is 33.0 Å². The van der Waals surface area contributed by atoms with Gasteiger partial charge in [-0.15, -0.1) is 0 Å². The van der Waals surface area contributed by atoms with Gasteiger partial charge in [0.2, 0.25) is 0 Å². The average Bonchev–Trinajstić information content (AvgIpc) is 2.11. The van der Waals surface area contributed by atoms with Gasteiger partial charge < -0.3 is 11.1 Å². The summed E-state index contributed by atoms with van der Waals surface area (Å²) in [5.41, 5.74) is 5.53. The lowest BCUT2D eigenvalue weighted by molar-refractivity contribution is 0.384. The SMILES string of the molecule is CC(CN)CCNCC(C)C(C)C. The summed E-state index contributed by atoms with van der Waals surface area (Å²) in [7, 11) is 0. The van der Waals surface area contributed by atoms with Gasteiger partial charge in [-0.25, -0.2) is 0 Å². The minimum atomic E-state index is 0.654. The second-order valence-corrected chi connectivity index (χ2v) is 4.55. The van der Waals surface area contributed by atoms with Crippen LogP contribution in [0.25, 0.3) is 0 Å². The van der Waals surface area contributed by atoms with Crippen molar-refractivity contribution in [1.29, 1.82) is 0 Å². The van der Waals surface area contributed by atoms with Crippen LogP contribution in [-0.2, 0) is 0 Å². The summed E-state index contributed by atoms with van der Waals surface area (Å²) in [4.78, 5) is 0. The van der Waals surface area contributed by atoms with Crippen molar-refractivity contribution in [2.24, 2.45) is 23.5 Å². The first-order valence-electron chi connectivity index (χ1n) is 5.48. The van der Waals surface area contributed by atoms with Crippen LogP contribution in [0.5, 0.6) is 0 Å². The molecule has 0 aromatic rings. The van der Waals surface area contributed by atoms with Gasteiger partial charge in [-0.05, 0) is 43.8 Å². The second-order valence-electron chi connectivity index (χ2n) is 4.55. The molecule has 0 saturated carbocycles. The molecule has 0 aliphatic carbocycles. The highest BCUT2D eigenvalue weighted by Gasteiger charge is 2.06. The van der Waals surface area contributed by atoms with E-state index in [1.165, 1.54) is 6.42 Å². The fraction of sp³-hybridized carbons (Fsp3) is 1.00. The van der Waals surface area contributed by atoms with E-state index < -0.39 is 0 Å². The van der Waals surface area contributed by atoms with E-state index in [-0.39, 0.29) is 0 Å². The Hall–Kier alpha value is -0.0800. The molecule has 0 rings (SSSR count). The van der Waals surface area contributed by atoms with E-state index in [4.69, 9.17) is 5.73 Å². The van der Waals surface area contributed by atoms with Crippen molar-refractivity contribution in [3.05, 3.63) is 0 Å². The molecule has 2 atom stereocenters. The van der Waals surface area contributed by atoms with Crippen molar-refractivity contribution in [3.63, 3.8) is 0 Å². The molecule has 0 fully saturated rings. The number of hydrogen-bond donors (Lipinski definition) is 2. The summed E-state index contributed by atoms with van der Waals surface area (Å²) in [5.74, 6) is 2.20. The second kappa shape index (κ2) is 7.34.